The molecule has 0 aliphatic rings. The number of hydrogen-bond donors (Lipinski definition) is 0. The summed E-state index contributed by atoms with van der Waals surface area (Å²) in [6, 6.07) is 1.40. The van der Waals surface area contributed by atoms with E-state index in [1.54, 1.807) is 6.92 Å². The van der Waals surface area contributed by atoms with Crippen LogP contribution in [0.2, 0.25) is 0 Å². The summed E-state index contributed by atoms with van der Waals surface area (Å²) in [5.74, 6) is -0.799. The minimum atomic E-state index is -0.718. The van der Waals surface area contributed by atoms with Gasteiger partial charge in [0, 0.05) is 6.07 Å². The third kappa shape index (κ3) is 7.83. The lowest BCUT2D eigenvalue weighted by molar-refractivity contribution is -0.0382. The van der Waals surface area contributed by atoms with Crippen molar-refractivity contribution in [3.05, 3.63) is 25.8 Å². The Morgan fingerprint density at radius 1 is 1.35 bits per heavy atom. The summed E-state index contributed by atoms with van der Waals surface area (Å²) >= 11 is 1.91. The van der Waals surface area contributed by atoms with E-state index in [1.165, 1.54) is 13.2 Å². The number of esters is 1. The first-order valence-corrected chi connectivity index (χ1v) is 8.44. The van der Waals surface area contributed by atoms with Crippen LogP contribution in [0.25, 0.3) is 0 Å². The molecule has 1 aromatic heterocycles. The maximum absolute atomic E-state index is 11.9. The van der Waals surface area contributed by atoms with Gasteiger partial charge in [-0.3, -0.25) is 0 Å². The molecule has 0 N–H and O–H groups in total. The molecule has 132 valence electrons. The smallest absolute Gasteiger partial charge is 0.380 e. The molecule has 0 aliphatic heterocycles. The lowest BCUT2D eigenvalue weighted by atomic mass is 10.2. The van der Waals surface area contributed by atoms with Gasteiger partial charge in [0.1, 0.15) is 6.10 Å². The minimum Gasteiger partial charge on any atom is -0.480 e. The number of hydrogen-bond acceptors (Lipinski definition) is 6. The highest BCUT2D eigenvalue weighted by Gasteiger charge is 2.19. The monoisotopic (exact) mass is 440 g/mol. The van der Waals surface area contributed by atoms with Crippen molar-refractivity contribution >= 4 is 28.6 Å². The average molecular weight is 440 g/mol. The predicted molar refractivity (Wildman–Crippen MR) is 96.2 cm³/mol. The summed E-state index contributed by atoms with van der Waals surface area (Å²) in [5, 5.41) is 0. The molecule has 0 amide bonds. The molecule has 1 rings (SSSR count). The predicted octanol–water partition coefficient (Wildman–Crippen LogP) is 3.64. The second-order valence-corrected chi connectivity index (χ2v) is 6.58. The molecule has 6 nitrogen and oxygen atoms in total. The van der Waals surface area contributed by atoms with Crippen molar-refractivity contribution in [3.8, 4) is 5.75 Å². The Morgan fingerprint density at radius 3 is 2.35 bits per heavy atom. The Hall–Kier alpha value is -1.09. The third-order valence-corrected chi connectivity index (χ3v) is 3.12. The number of halogens is 1. The van der Waals surface area contributed by atoms with Gasteiger partial charge in [-0.2, -0.15) is 0 Å². The Morgan fingerprint density at radius 2 is 1.91 bits per heavy atom. The highest BCUT2D eigenvalue weighted by molar-refractivity contribution is 14.1. The van der Waals surface area contributed by atoms with Gasteiger partial charge >= 0.3 is 11.6 Å². The van der Waals surface area contributed by atoms with Gasteiger partial charge in [0.25, 0.3) is 0 Å². The molecule has 23 heavy (non-hydrogen) atoms. The first-order chi connectivity index (χ1) is 10.6. The van der Waals surface area contributed by atoms with Crippen molar-refractivity contribution in [2.75, 3.05) is 13.7 Å². The van der Waals surface area contributed by atoms with Crippen molar-refractivity contribution in [3.63, 3.8) is 0 Å². The van der Waals surface area contributed by atoms with Crippen molar-refractivity contribution < 1.29 is 23.4 Å². The van der Waals surface area contributed by atoms with E-state index in [0.717, 1.165) is 0 Å². The van der Waals surface area contributed by atoms with Gasteiger partial charge in [0.15, 0.2) is 0 Å². The quantitative estimate of drug-likeness (QED) is 0.514. The summed E-state index contributed by atoms with van der Waals surface area (Å²) in [6.07, 6.45) is -0.329. The highest BCUT2D eigenvalue weighted by atomic mass is 127. The molecule has 0 radical (unpaired) electrons. The summed E-state index contributed by atoms with van der Waals surface area (Å²) in [4.78, 5) is 23.2. The van der Waals surface area contributed by atoms with E-state index in [-0.39, 0.29) is 23.2 Å². The third-order valence-electron chi connectivity index (χ3n) is 2.32. The van der Waals surface area contributed by atoms with Gasteiger partial charge in [0.05, 0.1) is 22.9 Å². The van der Waals surface area contributed by atoms with Gasteiger partial charge in [-0.25, -0.2) is 9.59 Å². The SMILES string of the molecule is CC.COC(=O)c1cc(I)c(OC(C)COC(C)(C)C)c(=O)o1. The number of carbonyl (C=O) groups is 1. The Balaban J connectivity index is 0.00000232. The summed E-state index contributed by atoms with van der Waals surface area (Å²) in [5.41, 5.74) is -1.01. The van der Waals surface area contributed by atoms with Gasteiger partial charge in [0.2, 0.25) is 11.5 Å². The lowest BCUT2D eigenvalue weighted by Crippen LogP contribution is -2.29. The van der Waals surface area contributed by atoms with E-state index >= 15 is 0 Å². The van der Waals surface area contributed by atoms with Crippen LogP contribution in [0.5, 0.6) is 5.75 Å². The second-order valence-electron chi connectivity index (χ2n) is 5.42. The number of methoxy groups -OCH3 is 1. The Kier molecular flexibility index (Phi) is 9.45. The molecular weight excluding hydrogens is 415 g/mol. The Bertz CT molecular complexity index is 559. The van der Waals surface area contributed by atoms with E-state index in [0.29, 0.717) is 10.2 Å². The maximum atomic E-state index is 11.9. The molecule has 0 aromatic carbocycles. The van der Waals surface area contributed by atoms with E-state index in [4.69, 9.17) is 13.9 Å². The van der Waals surface area contributed by atoms with Crippen LogP contribution in [0, 0.1) is 3.57 Å². The molecule has 0 saturated heterocycles. The number of rotatable bonds is 5. The minimum absolute atomic E-state index is 0.0632. The van der Waals surface area contributed by atoms with Gasteiger partial charge in [-0.05, 0) is 50.3 Å². The van der Waals surface area contributed by atoms with Crippen LogP contribution in [0.4, 0.5) is 0 Å². The van der Waals surface area contributed by atoms with E-state index in [1.807, 2.05) is 57.2 Å². The summed E-state index contributed by atoms with van der Waals surface area (Å²) in [6.45, 7) is 11.9. The molecule has 7 heteroatoms. The molecule has 1 atom stereocenters. The van der Waals surface area contributed by atoms with Crippen LogP contribution in [0.3, 0.4) is 0 Å². The first kappa shape index (κ1) is 21.9. The molecule has 0 saturated carbocycles. The fraction of sp³-hybridized carbons (Fsp3) is 0.625. The van der Waals surface area contributed by atoms with E-state index in [2.05, 4.69) is 4.74 Å². The highest BCUT2D eigenvalue weighted by Crippen LogP contribution is 2.20. The van der Waals surface area contributed by atoms with Gasteiger partial charge < -0.3 is 18.6 Å². The van der Waals surface area contributed by atoms with Gasteiger partial charge in [-0.1, -0.05) is 13.8 Å². The molecule has 1 aromatic rings. The van der Waals surface area contributed by atoms with E-state index in [9.17, 15) is 9.59 Å². The molecule has 0 aliphatic carbocycles. The fourth-order valence-electron chi connectivity index (χ4n) is 1.36. The largest absolute Gasteiger partial charge is 0.480 e. The standard InChI is InChI=1S/C14H19IO6.C2H6/c1-8(7-19-14(2,3)4)20-11-9(15)6-10(12(16)18-5)21-13(11)17;1-2/h6,8H,7H2,1-5H3;1-2H3. The molecule has 0 spiro atoms. The fourth-order valence-corrected chi connectivity index (χ4v) is 1.99. The Labute approximate surface area is 150 Å². The number of ether oxygens (including phenoxy) is 3. The zero-order valence-corrected chi connectivity index (χ0v) is 16.8. The molecular formula is C16H25IO6. The average Bonchev–Trinajstić information content (AvgIpc) is 2.49. The lowest BCUT2D eigenvalue weighted by Gasteiger charge is -2.23. The topological polar surface area (TPSA) is 75.0 Å². The van der Waals surface area contributed by atoms with Gasteiger partial charge in [-0.15, -0.1) is 0 Å². The van der Waals surface area contributed by atoms with Crippen LogP contribution in [-0.4, -0.2) is 31.4 Å². The molecule has 1 unspecified atom stereocenters. The van der Waals surface area contributed by atoms with Crippen LogP contribution >= 0.6 is 22.6 Å². The zero-order valence-electron chi connectivity index (χ0n) is 14.7. The maximum Gasteiger partial charge on any atom is 0.380 e. The van der Waals surface area contributed by atoms with Crippen LogP contribution in [0.1, 0.15) is 52.1 Å². The van der Waals surface area contributed by atoms with Crippen LogP contribution in [0.15, 0.2) is 15.3 Å². The van der Waals surface area contributed by atoms with Crippen LogP contribution in [-0.2, 0) is 9.47 Å². The van der Waals surface area contributed by atoms with Crippen molar-refractivity contribution in [1.29, 1.82) is 0 Å². The first-order valence-electron chi connectivity index (χ1n) is 7.36. The number of carbonyl (C=O) groups excluding carboxylic acids is 1. The van der Waals surface area contributed by atoms with Crippen molar-refractivity contribution in [2.24, 2.45) is 0 Å². The van der Waals surface area contributed by atoms with Crippen LogP contribution < -0.4 is 10.4 Å². The molecule has 0 bridgehead atoms. The van der Waals surface area contributed by atoms with Crippen molar-refractivity contribution in [2.45, 2.75) is 53.2 Å². The summed E-state index contributed by atoms with van der Waals surface area (Å²) < 4.78 is 21.0. The summed E-state index contributed by atoms with van der Waals surface area (Å²) in [7, 11) is 1.21. The normalized spacial score (nSPS) is 12.0. The molecule has 1 heterocycles. The van der Waals surface area contributed by atoms with Crippen molar-refractivity contribution in [1.82, 2.24) is 0 Å². The zero-order chi connectivity index (χ0) is 18.2. The second kappa shape index (κ2) is 9.92. The van der Waals surface area contributed by atoms with E-state index < -0.39 is 11.6 Å². The molecule has 0 fully saturated rings.